The lowest BCUT2D eigenvalue weighted by molar-refractivity contribution is 0.0102. The average molecular weight is 383 g/mol. The molecular formula is C13H21Br2NO2. The van der Waals surface area contributed by atoms with Crippen LogP contribution in [0.2, 0.25) is 0 Å². The van der Waals surface area contributed by atoms with E-state index in [0.29, 0.717) is 0 Å². The first-order valence-corrected chi connectivity index (χ1v) is 7.89. The molecule has 0 N–H and O–H groups in total. The quantitative estimate of drug-likeness (QED) is 0.686. The van der Waals surface area contributed by atoms with E-state index in [1.807, 2.05) is 31.7 Å². The number of carbonyl (C=O) groups is 1. The Balaban J connectivity index is 2.64. The van der Waals surface area contributed by atoms with E-state index < -0.39 is 5.60 Å². The van der Waals surface area contributed by atoms with Crippen molar-refractivity contribution in [3.63, 3.8) is 0 Å². The molecule has 0 aromatic rings. The van der Waals surface area contributed by atoms with E-state index in [9.17, 15) is 4.79 Å². The van der Waals surface area contributed by atoms with E-state index in [4.69, 9.17) is 4.74 Å². The van der Waals surface area contributed by atoms with Crippen LogP contribution in [-0.2, 0) is 4.74 Å². The highest BCUT2D eigenvalue weighted by molar-refractivity contribution is 9.28. The molecule has 1 saturated heterocycles. The third kappa shape index (κ3) is 5.74. The Hall–Kier alpha value is -0.0300. The lowest BCUT2D eigenvalue weighted by atomic mass is 10.00. The normalized spacial score (nSPS) is 20.5. The molecule has 18 heavy (non-hydrogen) atoms. The molecule has 0 aromatic carbocycles. The minimum absolute atomic E-state index is 0.189. The number of likely N-dealkylation sites (tertiary alicyclic amines) is 1. The molecule has 0 aliphatic carbocycles. The summed E-state index contributed by atoms with van der Waals surface area (Å²) in [5, 5.41) is 0. The molecular weight excluding hydrogens is 362 g/mol. The van der Waals surface area contributed by atoms with Crippen LogP contribution >= 0.6 is 31.9 Å². The van der Waals surface area contributed by atoms with Gasteiger partial charge in [0.1, 0.15) is 5.60 Å². The van der Waals surface area contributed by atoms with E-state index in [2.05, 4.69) is 31.9 Å². The molecule has 1 atom stereocenters. The van der Waals surface area contributed by atoms with Gasteiger partial charge in [-0.25, -0.2) is 4.79 Å². The van der Waals surface area contributed by atoms with Crippen molar-refractivity contribution in [3.8, 4) is 0 Å². The van der Waals surface area contributed by atoms with Gasteiger partial charge in [0.05, 0.1) is 3.39 Å². The van der Waals surface area contributed by atoms with E-state index in [-0.39, 0.29) is 12.1 Å². The van der Waals surface area contributed by atoms with Gasteiger partial charge in [-0.2, -0.15) is 0 Å². The van der Waals surface area contributed by atoms with Crippen molar-refractivity contribution in [3.05, 3.63) is 9.47 Å². The molecule has 0 radical (unpaired) electrons. The molecule has 1 rings (SSSR count). The second-order valence-electron chi connectivity index (χ2n) is 5.55. The molecule has 0 saturated carbocycles. The van der Waals surface area contributed by atoms with Crippen molar-refractivity contribution in [2.45, 2.75) is 58.1 Å². The third-order valence-corrected chi connectivity index (χ3v) is 3.45. The fourth-order valence-electron chi connectivity index (χ4n) is 2.03. The Labute approximate surface area is 126 Å². The van der Waals surface area contributed by atoms with Gasteiger partial charge in [-0.1, -0.05) is 6.08 Å². The van der Waals surface area contributed by atoms with Crippen LogP contribution in [0.3, 0.4) is 0 Å². The maximum absolute atomic E-state index is 12.1. The van der Waals surface area contributed by atoms with Crippen LogP contribution in [0.1, 0.15) is 46.5 Å². The molecule has 3 nitrogen and oxygen atoms in total. The van der Waals surface area contributed by atoms with Gasteiger partial charge in [0, 0.05) is 12.6 Å². The van der Waals surface area contributed by atoms with E-state index in [0.717, 1.165) is 29.2 Å². The monoisotopic (exact) mass is 381 g/mol. The van der Waals surface area contributed by atoms with Crippen LogP contribution in [0.25, 0.3) is 0 Å². The SMILES string of the molecule is CC(C)(C)OC(=O)N1CCCCC1CC=C(Br)Br. The first-order valence-electron chi connectivity index (χ1n) is 6.30. The molecule has 0 aromatic heterocycles. The van der Waals surface area contributed by atoms with E-state index >= 15 is 0 Å². The zero-order valence-corrected chi connectivity index (χ0v) is 14.4. The number of hydrogen-bond acceptors (Lipinski definition) is 2. The Morgan fingerprint density at radius 1 is 1.39 bits per heavy atom. The maximum Gasteiger partial charge on any atom is 0.410 e. The fourth-order valence-corrected chi connectivity index (χ4v) is 2.41. The molecule has 1 heterocycles. The number of rotatable bonds is 2. The highest BCUT2D eigenvalue weighted by Crippen LogP contribution is 2.24. The van der Waals surface area contributed by atoms with Crippen LogP contribution < -0.4 is 0 Å². The summed E-state index contributed by atoms with van der Waals surface area (Å²) >= 11 is 6.70. The van der Waals surface area contributed by atoms with Gasteiger partial charge >= 0.3 is 6.09 Å². The number of carbonyl (C=O) groups excluding carboxylic acids is 1. The molecule has 0 bridgehead atoms. The van der Waals surface area contributed by atoms with Crippen molar-refractivity contribution >= 4 is 38.0 Å². The van der Waals surface area contributed by atoms with Gasteiger partial charge in [0.25, 0.3) is 0 Å². The van der Waals surface area contributed by atoms with Gasteiger partial charge in [-0.05, 0) is 78.3 Å². The average Bonchev–Trinajstić information content (AvgIpc) is 2.24. The molecule has 1 aliphatic rings. The lowest BCUT2D eigenvalue weighted by Crippen LogP contribution is -2.45. The van der Waals surface area contributed by atoms with Crippen LogP contribution in [-0.4, -0.2) is 29.2 Å². The summed E-state index contributed by atoms with van der Waals surface area (Å²) in [6.45, 7) is 6.50. The third-order valence-electron chi connectivity index (χ3n) is 2.80. The molecule has 104 valence electrons. The number of hydrogen-bond donors (Lipinski definition) is 0. The van der Waals surface area contributed by atoms with Crippen molar-refractivity contribution in [2.75, 3.05) is 6.54 Å². The summed E-state index contributed by atoms with van der Waals surface area (Å²) < 4.78 is 6.39. The van der Waals surface area contributed by atoms with Gasteiger partial charge in [0.15, 0.2) is 0 Å². The zero-order valence-electron chi connectivity index (χ0n) is 11.2. The minimum atomic E-state index is -0.426. The van der Waals surface area contributed by atoms with Crippen molar-refractivity contribution in [1.82, 2.24) is 4.90 Å². The zero-order chi connectivity index (χ0) is 13.8. The Morgan fingerprint density at radius 3 is 2.61 bits per heavy atom. The van der Waals surface area contributed by atoms with E-state index in [1.54, 1.807) is 0 Å². The predicted octanol–water partition coefficient (Wildman–Crippen LogP) is 4.80. The number of piperidine rings is 1. The summed E-state index contributed by atoms with van der Waals surface area (Å²) in [5.41, 5.74) is -0.426. The summed E-state index contributed by atoms with van der Waals surface area (Å²) in [6, 6.07) is 0.249. The highest BCUT2D eigenvalue weighted by atomic mass is 79.9. The lowest BCUT2D eigenvalue weighted by Gasteiger charge is -2.36. The molecule has 1 unspecified atom stereocenters. The van der Waals surface area contributed by atoms with Crippen LogP contribution in [0, 0.1) is 0 Å². The van der Waals surface area contributed by atoms with Crippen LogP contribution in [0.5, 0.6) is 0 Å². The Morgan fingerprint density at radius 2 is 2.06 bits per heavy atom. The van der Waals surface area contributed by atoms with Gasteiger partial charge in [-0.15, -0.1) is 0 Å². The highest BCUT2D eigenvalue weighted by Gasteiger charge is 2.29. The predicted molar refractivity (Wildman–Crippen MR) is 81.1 cm³/mol. The topological polar surface area (TPSA) is 29.5 Å². The minimum Gasteiger partial charge on any atom is -0.444 e. The first-order chi connectivity index (χ1) is 8.29. The van der Waals surface area contributed by atoms with Crippen molar-refractivity contribution in [2.24, 2.45) is 0 Å². The van der Waals surface area contributed by atoms with Crippen LogP contribution in [0.15, 0.2) is 9.47 Å². The molecule has 1 amide bonds. The summed E-state index contributed by atoms with van der Waals surface area (Å²) in [5.74, 6) is 0. The molecule has 0 spiro atoms. The van der Waals surface area contributed by atoms with Gasteiger partial charge in [-0.3, -0.25) is 0 Å². The number of nitrogens with zero attached hydrogens (tertiary/aromatic N) is 1. The number of amides is 1. The number of ether oxygens (including phenoxy) is 1. The second kappa shape index (κ2) is 6.94. The first kappa shape index (κ1) is 16.0. The largest absolute Gasteiger partial charge is 0.444 e. The summed E-state index contributed by atoms with van der Waals surface area (Å²) in [6.07, 6.45) is 6.00. The number of halogens is 2. The fraction of sp³-hybridized carbons (Fsp3) is 0.769. The molecule has 1 fully saturated rings. The van der Waals surface area contributed by atoms with Crippen LogP contribution in [0.4, 0.5) is 4.79 Å². The Kier molecular flexibility index (Phi) is 6.18. The van der Waals surface area contributed by atoms with Gasteiger partial charge in [0.2, 0.25) is 0 Å². The van der Waals surface area contributed by atoms with E-state index in [1.165, 1.54) is 6.42 Å². The maximum atomic E-state index is 12.1. The summed E-state index contributed by atoms with van der Waals surface area (Å²) in [7, 11) is 0. The van der Waals surface area contributed by atoms with Crippen molar-refractivity contribution in [1.29, 1.82) is 0 Å². The van der Waals surface area contributed by atoms with Crippen molar-refractivity contribution < 1.29 is 9.53 Å². The molecule has 1 aliphatic heterocycles. The standard InChI is InChI=1S/C13H21Br2NO2/c1-13(2,3)18-12(17)16-9-5-4-6-10(16)7-8-11(14)15/h8,10H,4-7,9H2,1-3H3. The molecule has 5 heteroatoms. The Bertz CT molecular complexity index is 319. The van der Waals surface area contributed by atoms with Gasteiger partial charge < -0.3 is 9.64 Å². The smallest absolute Gasteiger partial charge is 0.410 e. The summed E-state index contributed by atoms with van der Waals surface area (Å²) in [4.78, 5) is 14.0. The second-order valence-corrected chi connectivity index (χ2v) is 8.33.